The van der Waals surface area contributed by atoms with E-state index in [0.717, 1.165) is 54.1 Å². The van der Waals surface area contributed by atoms with Gasteiger partial charge in [-0.25, -0.2) is 4.85 Å². The SMILES string of the molecule is [C-]#[N+]c1cccc(C#N)c1-c1cccc2c3cccc(-c4c(C#N)cccc4C#N)c3n(-c3ccc4sc5ccccc5c4c3)c12. The molecule has 0 radical (unpaired) electrons. The molecule has 0 amide bonds. The minimum atomic E-state index is 0.393. The Morgan fingerprint density at radius 3 is 1.74 bits per heavy atom. The minimum absolute atomic E-state index is 0.393. The monoisotopic (exact) mass is 601 g/mol. The molecule has 8 aromatic rings. The molecule has 2 heterocycles. The van der Waals surface area contributed by atoms with E-state index in [4.69, 9.17) is 6.57 Å². The van der Waals surface area contributed by atoms with E-state index in [1.54, 1.807) is 47.7 Å². The number of para-hydroxylation sites is 2. The van der Waals surface area contributed by atoms with Gasteiger partial charge < -0.3 is 4.57 Å². The number of benzene rings is 6. The number of hydrogen-bond donors (Lipinski definition) is 0. The standard InChI is InChI=1S/C40H19N5S/c1-44-34-16-5-10-26(23-43)38(34)32-15-7-13-30-29-12-6-14-31(37-24(21-41)8-4-9-25(37)22-42)39(29)45(40(30)32)27-18-19-36-33(20-27)28-11-2-3-17-35(28)46-36/h2-20H. The molecule has 0 N–H and O–H groups in total. The molecule has 0 saturated heterocycles. The van der Waals surface area contributed by atoms with Gasteiger partial charge in [0.1, 0.15) is 0 Å². The summed E-state index contributed by atoms with van der Waals surface area (Å²) in [7, 11) is 0. The van der Waals surface area contributed by atoms with Crippen molar-refractivity contribution in [1.82, 2.24) is 4.57 Å². The van der Waals surface area contributed by atoms with Crippen molar-refractivity contribution in [2.24, 2.45) is 0 Å². The summed E-state index contributed by atoms with van der Waals surface area (Å²) in [6.45, 7) is 7.97. The van der Waals surface area contributed by atoms with Crippen LogP contribution in [0.5, 0.6) is 0 Å². The molecule has 0 unspecified atom stereocenters. The Morgan fingerprint density at radius 1 is 0.543 bits per heavy atom. The third kappa shape index (κ3) is 3.83. The molecule has 0 spiro atoms. The maximum Gasteiger partial charge on any atom is 0.196 e. The van der Waals surface area contributed by atoms with E-state index in [1.165, 1.54) is 4.70 Å². The van der Waals surface area contributed by atoms with Crippen LogP contribution in [-0.4, -0.2) is 4.57 Å². The molecule has 8 rings (SSSR count). The average molecular weight is 602 g/mol. The molecule has 0 saturated carbocycles. The normalized spacial score (nSPS) is 11.0. The highest BCUT2D eigenvalue weighted by Gasteiger charge is 2.24. The number of hydrogen-bond acceptors (Lipinski definition) is 4. The zero-order valence-corrected chi connectivity index (χ0v) is 24.9. The Hall–Kier alpha value is -6.70. The molecule has 6 aromatic carbocycles. The lowest BCUT2D eigenvalue weighted by molar-refractivity contribution is 1.19. The van der Waals surface area contributed by atoms with Crippen molar-refractivity contribution in [2.75, 3.05) is 0 Å². The lowest BCUT2D eigenvalue weighted by atomic mass is 9.93. The van der Waals surface area contributed by atoms with E-state index in [2.05, 4.69) is 58.0 Å². The highest BCUT2D eigenvalue weighted by Crippen LogP contribution is 2.46. The molecule has 46 heavy (non-hydrogen) atoms. The molecule has 0 bridgehead atoms. The highest BCUT2D eigenvalue weighted by atomic mass is 32.1. The second kappa shape index (κ2) is 10.5. The van der Waals surface area contributed by atoms with Crippen LogP contribution in [-0.2, 0) is 0 Å². The van der Waals surface area contributed by atoms with Crippen molar-refractivity contribution in [3.63, 3.8) is 0 Å². The van der Waals surface area contributed by atoms with Crippen LogP contribution in [0.25, 0.3) is 74.8 Å². The third-order valence-electron chi connectivity index (χ3n) is 8.56. The molecule has 0 aliphatic rings. The van der Waals surface area contributed by atoms with Crippen LogP contribution in [0.15, 0.2) is 115 Å². The van der Waals surface area contributed by atoms with Crippen molar-refractivity contribution in [1.29, 1.82) is 15.8 Å². The van der Waals surface area contributed by atoms with Crippen molar-refractivity contribution in [2.45, 2.75) is 0 Å². The summed E-state index contributed by atoms with van der Waals surface area (Å²) in [4.78, 5) is 3.82. The molecular weight excluding hydrogens is 583 g/mol. The quantitative estimate of drug-likeness (QED) is 0.189. The Balaban J connectivity index is 1.61. The van der Waals surface area contributed by atoms with Gasteiger partial charge in [0.05, 0.1) is 46.9 Å². The summed E-state index contributed by atoms with van der Waals surface area (Å²) in [6, 6.07) is 44.1. The fraction of sp³-hybridized carbons (Fsp3) is 0. The van der Waals surface area contributed by atoms with E-state index in [0.29, 0.717) is 33.5 Å². The summed E-state index contributed by atoms with van der Waals surface area (Å²) in [5.74, 6) is 0. The van der Waals surface area contributed by atoms with Crippen molar-refractivity contribution < 1.29 is 0 Å². The van der Waals surface area contributed by atoms with Gasteiger partial charge in [-0.2, -0.15) is 15.8 Å². The van der Waals surface area contributed by atoms with E-state index in [1.807, 2.05) is 48.5 Å². The maximum atomic E-state index is 10.2. The molecule has 6 heteroatoms. The Labute approximate surface area is 268 Å². The van der Waals surface area contributed by atoms with Crippen LogP contribution in [0.1, 0.15) is 16.7 Å². The topological polar surface area (TPSA) is 80.7 Å². The van der Waals surface area contributed by atoms with Gasteiger partial charge in [-0.15, -0.1) is 11.3 Å². The van der Waals surface area contributed by atoms with Crippen molar-refractivity contribution in [3.8, 4) is 46.1 Å². The predicted molar refractivity (Wildman–Crippen MR) is 185 cm³/mol. The number of thiophene rings is 1. The van der Waals surface area contributed by atoms with E-state index < -0.39 is 0 Å². The van der Waals surface area contributed by atoms with Crippen LogP contribution in [0, 0.1) is 40.6 Å². The Bertz CT molecular complexity index is 2560. The molecule has 210 valence electrons. The summed E-state index contributed by atoms with van der Waals surface area (Å²) < 4.78 is 4.54. The summed E-state index contributed by atoms with van der Waals surface area (Å²) in [5.41, 5.74) is 6.85. The first-order chi connectivity index (χ1) is 22.7. The van der Waals surface area contributed by atoms with Crippen LogP contribution in [0.4, 0.5) is 5.69 Å². The number of fused-ring (bicyclic) bond motifs is 6. The molecule has 5 nitrogen and oxygen atoms in total. The zero-order valence-electron chi connectivity index (χ0n) is 24.1. The number of aromatic nitrogens is 1. The van der Waals surface area contributed by atoms with Crippen LogP contribution >= 0.6 is 11.3 Å². The molecule has 0 atom stereocenters. The molecule has 0 aliphatic carbocycles. The van der Waals surface area contributed by atoms with Gasteiger partial charge in [0.25, 0.3) is 0 Å². The Morgan fingerprint density at radius 2 is 1.09 bits per heavy atom. The van der Waals surface area contributed by atoms with Crippen LogP contribution in [0.2, 0.25) is 0 Å². The first-order valence-electron chi connectivity index (χ1n) is 14.5. The third-order valence-corrected chi connectivity index (χ3v) is 9.71. The highest BCUT2D eigenvalue weighted by molar-refractivity contribution is 7.25. The van der Waals surface area contributed by atoms with Gasteiger partial charge in [0.15, 0.2) is 5.69 Å². The first kappa shape index (κ1) is 26.9. The summed E-state index contributed by atoms with van der Waals surface area (Å²) in [5, 5.41) is 34.7. The second-order valence-corrected chi connectivity index (χ2v) is 12.0. The van der Waals surface area contributed by atoms with Crippen LogP contribution < -0.4 is 0 Å². The first-order valence-corrected chi connectivity index (χ1v) is 15.3. The summed E-state index contributed by atoms with van der Waals surface area (Å²) >= 11 is 1.74. The van der Waals surface area contributed by atoms with Crippen molar-refractivity contribution >= 4 is 59.0 Å². The van der Waals surface area contributed by atoms with Crippen LogP contribution in [0.3, 0.4) is 0 Å². The van der Waals surface area contributed by atoms with Crippen molar-refractivity contribution in [3.05, 3.63) is 143 Å². The van der Waals surface area contributed by atoms with Gasteiger partial charge in [0.2, 0.25) is 0 Å². The number of rotatable bonds is 3. The van der Waals surface area contributed by atoms with Gasteiger partial charge in [-0.1, -0.05) is 72.8 Å². The van der Waals surface area contributed by atoms with Gasteiger partial charge in [-0.05, 0) is 48.0 Å². The molecule has 0 fully saturated rings. The largest absolute Gasteiger partial charge is 0.308 e. The van der Waals surface area contributed by atoms with E-state index in [9.17, 15) is 15.8 Å². The smallest absolute Gasteiger partial charge is 0.196 e. The van der Waals surface area contributed by atoms with E-state index >= 15 is 0 Å². The number of nitriles is 3. The minimum Gasteiger partial charge on any atom is -0.308 e. The molecule has 2 aromatic heterocycles. The van der Waals surface area contributed by atoms with E-state index in [-0.39, 0.29) is 0 Å². The summed E-state index contributed by atoms with van der Waals surface area (Å²) in [6.07, 6.45) is 0. The fourth-order valence-corrected chi connectivity index (χ4v) is 7.75. The molecule has 0 aliphatic heterocycles. The second-order valence-electron chi connectivity index (χ2n) is 10.9. The fourth-order valence-electron chi connectivity index (χ4n) is 6.67. The number of nitrogens with zero attached hydrogens (tertiary/aromatic N) is 5. The lowest BCUT2D eigenvalue weighted by Crippen LogP contribution is -1.99. The predicted octanol–water partition coefficient (Wildman–Crippen LogP) is 10.7. The Kier molecular flexibility index (Phi) is 6.13. The lowest BCUT2D eigenvalue weighted by Gasteiger charge is -2.16. The maximum absolute atomic E-state index is 10.2. The van der Waals surface area contributed by atoms with Gasteiger partial charge in [0, 0.05) is 58.9 Å². The molecular formula is C40H19N5S. The average Bonchev–Trinajstić information content (AvgIpc) is 3.66. The van der Waals surface area contributed by atoms with Gasteiger partial charge in [-0.3, -0.25) is 0 Å². The zero-order chi connectivity index (χ0) is 31.4. The van der Waals surface area contributed by atoms with Gasteiger partial charge >= 0.3 is 0 Å².